The van der Waals surface area contributed by atoms with Crippen LogP contribution in [0.4, 0.5) is 14.9 Å². The molecule has 0 spiro atoms. The molecular weight excluding hydrogens is 355 g/mol. The molecule has 132 valence electrons. The zero-order valence-corrected chi connectivity index (χ0v) is 14.6. The van der Waals surface area contributed by atoms with Crippen molar-refractivity contribution in [2.45, 2.75) is 11.9 Å². The van der Waals surface area contributed by atoms with Crippen molar-refractivity contribution < 1.29 is 14.0 Å². The Hall–Kier alpha value is -3.00. The Kier molecular flexibility index (Phi) is 5.43. The summed E-state index contributed by atoms with van der Waals surface area (Å²) in [5.41, 5.74) is 2.50. The molecule has 2 N–H and O–H groups in total. The van der Waals surface area contributed by atoms with Crippen molar-refractivity contribution in [3.05, 3.63) is 60.0 Å². The third-order valence-corrected chi connectivity index (χ3v) is 4.44. The van der Waals surface area contributed by atoms with Gasteiger partial charge in [-0.05, 0) is 37.3 Å². The summed E-state index contributed by atoms with van der Waals surface area (Å²) in [6, 6.07) is 12.1. The molecule has 0 aliphatic heterocycles. The number of urea groups is 1. The molecule has 0 unspecified atom stereocenters. The molecule has 0 fully saturated rings. The lowest BCUT2D eigenvalue weighted by Gasteiger charge is -2.08. The van der Waals surface area contributed by atoms with Gasteiger partial charge in [-0.2, -0.15) is 0 Å². The van der Waals surface area contributed by atoms with Crippen molar-refractivity contribution in [2.75, 3.05) is 11.1 Å². The minimum Gasteiger partial charge on any atom is -0.308 e. The first-order chi connectivity index (χ1) is 12.5. The fourth-order valence-corrected chi connectivity index (χ4v) is 2.99. The van der Waals surface area contributed by atoms with E-state index < -0.39 is 17.8 Å². The normalized spacial score (nSPS) is 10.5. The molecular formula is C18H15FN4O2S. The smallest absolute Gasteiger partial charge is 0.308 e. The van der Waals surface area contributed by atoms with E-state index in [0.29, 0.717) is 10.7 Å². The average molecular weight is 370 g/mol. The van der Waals surface area contributed by atoms with E-state index in [4.69, 9.17) is 0 Å². The molecule has 0 bridgehead atoms. The topological polar surface area (TPSA) is 84.0 Å². The van der Waals surface area contributed by atoms with E-state index in [1.54, 1.807) is 0 Å². The number of hydrogen-bond donors (Lipinski definition) is 2. The highest BCUT2D eigenvalue weighted by molar-refractivity contribution is 7.99. The van der Waals surface area contributed by atoms with Crippen LogP contribution in [-0.2, 0) is 4.79 Å². The van der Waals surface area contributed by atoms with Crippen LogP contribution in [0.2, 0.25) is 0 Å². The molecule has 26 heavy (non-hydrogen) atoms. The lowest BCUT2D eigenvalue weighted by Crippen LogP contribution is -2.35. The number of amides is 3. The fraction of sp³-hybridized carbons (Fsp3) is 0.111. The SMILES string of the molecule is Cc1nc2ccccc2nc1SCC(=O)NC(=O)Nc1cccc(F)c1. The Morgan fingerprint density at radius 1 is 1.08 bits per heavy atom. The Morgan fingerprint density at radius 2 is 1.81 bits per heavy atom. The molecule has 0 atom stereocenters. The molecule has 0 aliphatic carbocycles. The van der Waals surface area contributed by atoms with Gasteiger partial charge in [-0.15, -0.1) is 0 Å². The van der Waals surface area contributed by atoms with E-state index >= 15 is 0 Å². The number of anilines is 1. The van der Waals surface area contributed by atoms with Gasteiger partial charge in [-0.3, -0.25) is 10.1 Å². The highest BCUT2D eigenvalue weighted by Gasteiger charge is 2.12. The Labute approximate surface area is 153 Å². The summed E-state index contributed by atoms with van der Waals surface area (Å²) in [5.74, 6) is -0.960. The Balaban J connectivity index is 1.57. The van der Waals surface area contributed by atoms with E-state index in [0.717, 1.165) is 17.1 Å². The number of halogens is 1. The Bertz CT molecular complexity index is 980. The molecule has 3 rings (SSSR count). The van der Waals surface area contributed by atoms with Crippen molar-refractivity contribution >= 4 is 40.4 Å². The van der Waals surface area contributed by atoms with Crippen molar-refractivity contribution in [3.8, 4) is 0 Å². The van der Waals surface area contributed by atoms with Gasteiger partial charge in [0.1, 0.15) is 10.8 Å². The molecule has 3 aromatic rings. The summed E-state index contributed by atoms with van der Waals surface area (Å²) in [6.07, 6.45) is 0. The van der Waals surface area contributed by atoms with Crippen LogP contribution in [0.5, 0.6) is 0 Å². The molecule has 8 heteroatoms. The number of benzene rings is 2. The zero-order valence-electron chi connectivity index (χ0n) is 13.8. The number of carbonyl (C=O) groups is 2. The number of rotatable bonds is 4. The number of nitrogens with zero attached hydrogens (tertiary/aromatic N) is 2. The highest BCUT2D eigenvalue weighted by atomic mass is 32.2. The van der Waals surface area contributed by atoms with Crippen molar-refractivity contribution in [1.29, 1.82) is 0 Å². The van der Waals surface area contributed by atoms with E-state index in [2.05, 4.69) is 20.6 Å². The second-order valence-electron chi connectivity index (χ2n) is 5.40. The maximum Gasteiger partial charge on any atom is 0.325 e. The van der Waals surface area contributed by atoms with Gasteiger partial charge in [-0.25, -0.2) is 19.2 Å². The number of thioether (sulfide) groups is 1. The molecule has 6 nitrogen and oxygen atoms in total. The summed E-state index contributed by atoms with van der Waals surface area (Å²) in [5, 5.41) is 5.22. The number of carbonyl (C=O) groups excluding carboxylic acids is 2. The summed E-state index contributed by atoms with van der Waals surface area (Å²) in [6.45, 7) is 1.82. The van der Waals surface area contributed by atoms with Gasteiger partial charge >= 0.3 is 6.03 Å². The van der Waals surface area contributed by atoms with Crippen LogP contribution in [0.3, 0.4) is 0 Å². The van der Waals surface area contributed by atoms with E-state index in [-0.39, 0.29) is 11.4 Å². The van der Waals surface area contributed by atoms with Gasteiger partial charge in [0.2, 0.25) is 5.91 Å². The summed E-state index contributed by atoms with van der Waals surface area (Å²) in [7, 11) is 0. The molecule has 0 saturated carbocycles. The zero-order chi connectivity index (χ0) is 18.5. The first kappa shape index (κ1) is 17.8. The summed E-state index contributed by atoms with van der Waals surface area (Å²) < 4.78 is 13.1. The van der Waals surface area contributed by atoms with Crippen LogP contribution in [0.25, 0.3) is 11.0 Å². The number of fused-ring (bicyclic) bond motifs is 1. The predicted octanol–water partition coefficient (Wildman–Crippen LogP) is 3.52. The van der Waals surface area contributed by atoms with Crippen molar-refractivity contribution in [1.82, 2.24) is 15.3 Å². The maximum absolute atomic E-state index is 13.1. The lowest BCUT2D eigenvalue weighted by atomic mass is 10.3. The first-order valence-corrected chi connectivity index (χ1v) is 8.72. The molecule has 0 saturated heterocycles. The average Bonchev–Trinajstić information content (AvgIpc) is 2.59. The van der Waals surface area contributed by atoms with Crippen molar-refractivity contribution in [3.63, 3.8) is 0 Å². The van der Waals surface area contributed by atoms with Crippen LogP contribution in [0.15, 0.2) is 53.6 Å². The maximum atomic E-state index is 13.1. The van der Waals surface area contributed by atoms with Gasteiger partial charge in [0.15, 0.2) is 0 Å². The van der Waals surface area contributed by atoms with Gasteiger partial charge in [0.25, 0.3) is 0 Å². The van der Waals surface area contributed by atoms with E-state index in [1.807, 2.05) is 31.2 Å². The number of para-hydroxylation sites is 2. The van der Waals surface area contributed by atoms with Crippen LogP contribution in [0, 0.1) is 12.7 Å². The monoisotopic (exact) mass is 370 g/mol. The molecule has 0 aliphatic rings. The minimum atomic E-state index is -0.720. The summed E-state index contributed by atoms with van der Waals surface area (Å²) in [4.78, 5) is 32.7. The quantitative estimate of drug-likeness (QED) is 0.687. The third kappa shape index (κ3) is 4.54. The number of aryl methyl sites for hydroxylation is 1. The number of aromatic nitrogens is 2. The van der Waals surface area contributed by atoms with Crippen LogP contribution in [0.1, 0.15) is 5.69 Å². The Morgan fingerprint density at radius 3 is 2.54 bits per heavy atom. The molecule has 0 radical (unpaired) electrons. The van der Waals surface area contributed by atoms with Crippen molar-refractivity contribution in [2.24, 2.45) is 0 Å². The molecule has 1 heterocycles. The van der Waals surface area contributed by atoms with Gasteiger partial charge in [0.05, 0.1) is 22.5 Å². The molecule has 2 aromatic carbocycles. The van der Waals surface area contributed by atoms with Crippen LogP contribution < -0.4 is 10.6 Å². The highest BCUT2D eigenvalue weighted by Crippen LogP contribution is 2.21. The number of hydrogen-bond acceptors (Lipinski definition) is 5. The largest absolute Gasteiger partial charge is 0.325 e. The second kappa shape index (κ2) is 7.92. The lowest BCUT2D eigenvalue weighted by molar-refractivity contribution is -0.117. The molecule has 1 aromatic heterocycles. The van der Waals surface area contributed by atoms with Gasteiger partial charge < -0.3 is 5.32 Å². The standard InChI is InChI=1S/C18H15FN4O2S/c1-11-17(22-15-8-3-2-7-14(15)20-11)26-10-16(24)23-18(25)21-13-6-4-5-12(19)9-13/h2-9H,10H2,1H3,(H2,21,23,24,25). The fourth-order valence-electron chi connectivity index (χ4n) is 2.23. The van der Waals surface area contributed by atoms with Gasteiger partial charge in [0, 0.05) is 5.69 Å². The van der Waals surface area contributed by atoms with E-state index in [9.17, 15) is 14.0 Å². The second-order valence-corrected chi connectivity index (χ2v) is 6.37. The first-order valence-electron chi connectivity index (χ1n) is 7.74. The third-order valence-electron chi connectivity index (χ3n) is 3.38. The number of imide groups is 1. The minimum absolute atomic E-state index is 0.00440. The van der Waals surface area contributed by atoms with Gasteiger partial charge in [-0.1, -0.05) is 30.0 Å². The molecule has 3 amide bonds. The van der Waals surface area contributed by atoms with Crippen LogP contribution in [-0.4, -0.2) is 27.7 Å². The predicted molar refractivity (Wildman–Crippen MR) is 98.6 cm³/mol. The number of nitrogens with one attached hydrogen (secondary N) is 2. The van der Waals surface area contributed by atoms with E-state index in [1.165, 1.54) is 30.0 Å². The summed E-state index contributed by atoms with van der Waals surface area (Å²) >= 11 is 1.20. The van der Waals surface area contributed by atoms with Crippen LogP contribution >= 0.6 is 11.8 Å².